The van der Waals surface area contributed by atoms with E-state index in [9.17, 15) is 4.79 Å². The molecule has 0 saturated heterocycles. The van der Waals surface area contributed by atoms with Crippen molar-refractivity contribution in [3.8, 4) is 0 Å². The monoisotopic (exact) mass is 261 g/mol. The SMILES string of the molecule is CN(C)C(=O)c1ccc(N)c(NCC2(C)CCC2)c1. The van der Waals surface area contributed by atoms with Gasteiger partial charge in [0.15, 0.2) is 0 Å². The second kappa shape index (κ2) is 5.11. The number of rotatable bonds is 4. The van der Waals surface area contributed by atoms with Crippen LogP contribution in [0.1, 0.15) is 36.5 Å². The average Bonchev–Trinajstić information content (AvgIpc) is 2.34. The molecule has 3 N–H and O–H groups in total. The number of nitrogens with zero attached hydrogens (tertiary/aromatic N) is 1. The van der Waals surface area contributed by atoms with Gasteiger partial charge in [0, 0.05) is 26.2 Å². The Hall–Kier alpha value is -1.71. The van der Waals surface area contributed by atoms with E-state index >= 15 is 0 Å². The molecule has 0 bridgehead atoms. The zero-order valence-corrected chi connectivity index (χ0v) is 12.0. The summed E-state index contributed by atoms with van der Waals surface area (Å²) in [6.07, 6.45) is 3.83. The summed E-state index contributed by atoms with van der Waals surface area (Å²) in [7, 11) is 3.50. The summed E-state index contributed by atoms with van der Waals surface area (Å²) in [4.78, 5) is 13.5. The van der Waals surface area contributed by atoms with E-state index in [0.29, 0.717) is 16.7 Å². The van der Waals surface area contributed by atoms with Crippen molar-refractivity contribution in [1.29, 1.82) is 0 Å². The van der Waals surface area contributed by atoms with Crippen LogP contribution in [0.5, 0.6) is 0 Å². The Morgan fingerprint density at radius 2 is 2.11 bits per heavy atom. The largest absolute Gasteiger partial charge is 0.397 e. The molecule has 1 aromatic carbocycles. The first-order valence-corrected chi connectivity index (χ1v) is 6.76. The van der Waals surface area contributed by atoms with Crippen LogP contribution in [0.15, 0.2) is 18.2 Å². The third-order valence-corrected chi connectivity index (χ3v) is 3.97. The van der Waals surface area contributed by atoms with Gasteiger partial charge >= 0.3 is 0 Å². The van der Waals surface area contributed by atoms with Crippen molar-refractivity contribution in [1.82, 2.24) is 4.90 Å². The van der Waals surface area contributed by atoms with Crippen LogP contribution in [0.25, 0.3) is 0 Å². The number of nitrogens with one attached hydrogen (secondary N) is 1. The van der Waals surface area contributed by atoms with Gasteiger partial charge in [-0.1, -0.05) is 13.3 Å². The smallest absolute Gasteiger partial charge is 0.253 e. The third kappa shape index (κ3) is 3.00. The predicted octanol–water partition coefficient (Wildman–Crippen LogP) is 2.57. The molecule has 0 radical (unpaired) electrons. The number of amides is 1. The van der Waals surface area contributed by atoms with Crippen molar-refractivity contribution in [3.63, 3.8) is 0 Å². The molecule has 1 fully saturated rings. The van der Waals surface area contributed by atoms with E-state index in [4.69, 9.17) is 5.73 Å². The number of carbonyl (C=O) groups excluding carboxylic acids is 1. The molecule has 104 valence electrons. The Balaban J connectivity index is 2.10. The van der Waals surface area contributed by atoms with Crippen molar-refractivity contribution in [2.45, 2.75) is 26.2 Å². The van der Waals surface area contributed by atoms with Gasteiger partial charge in [-0.05, 0) is 36.5 Å². The summed E-state index contributed by atoms with van der Waals surface area (Å²) in [6.45, 7) is 3.20. The summed E-state index contributed by atoms with van der Waals surface area (Å²) in [5, 5.41) is 3.39. The Bertz CT molecular complexity index is 478. The summed E-state index contributed by atoms with van der Waals surface area (Å²) < 4.78 is 0. The number of benzene rings is 1. The number of carbonyl (C=O) groups is 1. The molecule has 0 aromatic heterocycles. The Labute approximate surface area is 115 Å². The number of hydrogen-bond acceptors (Lipinski definition) is 3. The fraction of sp³-hybridized carbons (Fsp3) is 0.533. The summed E-state index contributed by atoms with van der Waals surface area (Å²) in [6, 6.07) is 5.41. The maximum atomic E-state index is 11.9. The number of anilines is 2. The van der Waals surface area contributed by atoms with Crippen molar-refractivity contribution in [2.24, 2.45) is 5.41 Å². The first kappa shape index (κ1) is 13.7. The molecule has 1 aliphatic rings. The van der Waals surface area contributed by atoms with Crippen LogP contribution in [0.3, 0.4) is 0 Å². The number of nitrogens with two attached hydrogens (primary N) is 1. The summed E-state index contributed by atoms with van der Waals surface area (Å²) in [5.41, 5.74) is 8.57. The molecule has 2 rings (SSSR count). The fourth-order valence-electron chi connectivity index (χ4n) is 2.37. The first-order chi connectivity index (χ1) is 8.91. The lowest BCUT2D eigenvalue weighted by atomic mass is 9.70. The van der Waals surface area contributed by atoms with Crippen molar-refractivity contribution < 1.29 is 4.79 Å². The molecule has 1 aliphatic carbocycles. The minimum absolute atomic E-state index is 0.00194. The number of nitrogen functional groups attached to an aromatic ring is 1. The minimum atomic E-state index is -0.00194. The number of hydrogen-bond donors (Lipinski definition) is 2. The van der Waals surface area contributed by atoms with Crippen molar-refractivity contribution in [2.75, 3.05) is 31.7 Å². The molecule has 4 heteroatoms. The molecule has 4 nitrogen and oxygen atoms in total. The van der Waals surface area contributed by atoms with Crippen molar-refractivity contribution in [3.05, 3.63) is 23.8 Å². The summed E-state index contributed by atoms with van der Waals surface area (Å²) >= 11 is 0. The van der Waals surface area contributed by atoms with Crippen LogP contribution in [0.2, 0.25) is 0 Å². The second-order valence-electron chi connectivity index (χ2n) is 6.02. The van der Waals surface area contributed by atoms with E-state index in [1.165, 1.54) is 19.3 Å². The Morgan fingerprint density at radius 1 is 1.42 bits per heavy atom. The van der Waals surface area contributed by atoms with E-state index in [2.05, 4.69) is 12.2 Å². The van der Waals surface area contributed by atoms with Gasteiger partial charge in [0.1, 0.15) is 0 Å². The normalized spacial score (nSPS) is 16.6. The van der Waals surface area contributed by atoms with Crippen LogP contribution in [0.4, 0.5) is 11.4 Å². The zero-order valence-electron chi connectivity index (χ0n) is 12.0. The van der Waals surface area contributed by atoms with Crippen LogP contribution in [-0.2, 0) is 0 Å². The second-order valence-corrected chi connectivity index (χ2v) is 6.02. The molecule has 0 spiro atoms. The maximum Gasteiger partial charge on any atom is 0.253 e. The van der Waals surface area contributed by atoms with E-state index in [1.807, 2.05) is 6.07 Å². The molecule has 19 heavy (non-hydrogen) atoms. The average molecular weight is 261 g/mol. The third-order valence-electron chi connectivity index (χ3n) is 3.97. The molecule has 1 saturated carbocycles. The van der Waals surface area contributed by atoms with Crippen molar-refractivity contribution >= 4 is 17.3 Å². The molecule has 0 heterocycles. The van der Waals surface area contributed by atoms with Crippen LogP contribution >= 0.6 is 0 Å². The van der Waals surface area contributed by atoms with Gasteiger partial charge in [-0.15, -0.1) is 0 Å². The first-order valence-electron chi connectivity index (χ1n) is 6.76. The molecule has 0 aliphatic heterocycles. The lowest BCUT2D eigenvalue weighted by Crippen LogP contribution is -2.33. The van der Waals surface area contributed by atoms with Gasteiger partial charge in [0.2, 0.25) is 0 Å². The highest BCUT2D eigenvalue weighted by Crippen LogP contribution is 2.40. The van der Waals surface area contributed by atoms with Gasteiger partial charge in [-0.2, -0.15) is 0 Å². The summed E-state index contributed by atoms with van der Waals surface area (Å²) in [5.74, 6) is -0.00194. The maximum absolute atomic E-state index is 11.9. The minimum Gasteiger partial charge on any atom is -0.397 e. The van der Waals surface area contributed by atoms with E-state index in [-0.39, 0.29) is 5.91 Å². The lowest BCUT2D eigenvalue weighted by molar-refractivity contribution is 0.0827. The topological polar surface area (TPSA) is 58.4 Å². The molecule has 0 atom stereocenters. The highest BCUT2D eigenvalue weighted by molar-refractivity contribution is 5.95. The highest BCUT2D eigenvalue weighted by Gasteiger charge is 2.31. The van der Waals surface area contributed by atoms with Crippen LogP contribution in [-0.4, -0.2) is 31.4 Å². The quantitative estimate of drug-likeness (QED) is 0.819. The van der Waals surface area contributed by atoms with Crippen LogP contribution < -0.4 is 11.1 Å². The zero-order chi connectivity index (χ0) is 14.0. The van der Waals surface area contributed by atoms with E-state index in [1.54, 1.807) is 31.1 Å². The molecular formula is C15H23N3O. The van der Waals surface area contributed by atoms with Crippen LogP contribution in [0, 0.1) is 5.41 Å². The van der Waals surface area contributed by atoms with Gasteiger partial charge in [-0.25, -0.2) is 0 Å². The molecular weight excluding hydrogens is 238 g/mol. The van der Waals surface area contributed by atoms with E-state index < -0.39 is 0 Å². The van der Waals surface area contributed by atoms with Gasteiger partial charge in [0.05, 0.1) is 11.4 Å². The molecule has 0 unspecified atom stereocenters. The van der Waals surface area contributed by atoms with Gasteiger partial charge in [0.25, 0.3) is 5.91 Å². The Kier molecular flexibility index (Phi) is 3.69. The Morgan fingerprint density at radius 3 is 2.63 bits per heavy atom. The lowest BCUT2D eigenvalue weighted by Gasteiger charge is -2.38. The van der Waals surface area contributed by atoms with E-state index in [0.717, 1.165) is 12.2 Å². The highest BCUT2D eigenvalue weighted by atomic mass is 16.2. The van der Waals surface area contributed by atoms with Gasteiger partial charge < -0.3 is 16.0 Å². The predicted molar refractivity (Wildman–Crippen MR) is 79.3 cm³/mol. The standard InChI is InChI=1S/C15H23N3O/c1-15(7-4-8-15)10-17-13-9-11(5-6-12(13)16)14(19)18(2)3/h5-6,9,17H,4,7-8,10,16H2,1-3H3. The fourth-order valence-corrected chi connectivity index (χ4v) is 2.37. The molecule has 1 amide bonds. The molecule has 1 aromatic rings. The van der Waals surface area contributed by atoms with Gasteiger partial charge in [-0.3, -0.25) is 4.79 Å².